The van der Waals surface area contributed by atoms with Gasteiger partial charge in [0.15, 0.2) is 0 Å². The Morgan fingerprint density at radius 1 is 1.09 bits per heavy atom. The van der Waals surface area contributed by atoms with Crippen molar-refractivity contribution in [3.63, 3.8) is 0 Å². The highest BCUT2D eigenvalue weighted by atomic mass is 19.4. The van der Waals surface area contributed by atoms with Gasteiger partial charge in [0, 0.05) is 48.1 Å². The normalized spacial score (nSPS) is 11.3. The lowest BCUT2D eigenvalue weighted by molar-refractivity contribution is -0.137. The van der Waals surface area contributed by atoms with Crippen LogP contribution >= 0.6 is 0 Å². The van der Waals surface area contributed by atoms with E-state index in [0.29, 0.717) is 11.1 Å². The predicted octanol–water partition coefficient (Wildman–Crippen LogP) is 4.50. The van der Waals surface area contributed by atoms with E-state index < -0.39 is 23.7 Å². The Labute approximate surface area is 192 Å². The van der Waals surface area contributed by atoms with E-state index in [0.717, 1.165) is 22.4 Å². The predicted molar refractivity (Wildman–Crippen MR) is 119 cm³/mol. The zero-order chi connectivity index (χ0) is 24.5. The zero-order valence-corrected chi connectivity index (χ0v) is 18.1. The summed E-state index contributed by atoms with van der Waals surface area (Å²) in [5, 5.41) is 9.01. The van der Waals surface area contributed by atoms with Gasteiger partial charge in [-0.2, -0.15) is 23.0 Å². The number of carbonyl (C=O) groups is 2. The summed E-state index contributed by atoms with van der Waals surface area (Å²) < 4.78 is 42.9. The largest absolute Gasteiger partial charge is 0.416 e. The van der Waals surface area contributed by atoms with Gasteiger partial charge in [-0.3, -0.25) is 4.79 Å². The smallest absolute Gasteiger partial charge is 0.339 e. The van der Waals surface area contributed by atoms with Crippen molar-refractivity contribution in [2.24, 2.45) is 0 Å². The van der Waals surface area contributed by atoms with Gasteiger partial charge in [0.2, 0.25) is 0 Å². The summed E-state index contributed by atoms with van der Waals surface area (Å²) in [6, 6.07) is 7.74. The molecule has 0 bridgehead atoms. The average Bonchev–Trinajstić information content (AvgIpc) is 3.50. The number of aryl methyl sites for hydroxylation is 1. The third kappa shape index (κ3) is 4.68. The molecular formula is C23H19F3N6O2. The van der Waals surface area contributed by atoms with E-state index in [2.05, 4.69) is 20.7 Å². The fourth-order valence-electron chi connectivity index (χ4n) is 3.37. The minimum absolute atomic E-state index is 0.0157. The molecular weight excluding hydrogens is 449 g/mol. The third-order valence-electron chi connectivity index (χ3n) is 5.12. The topological polar surface area (TPSA) is 93.8 Å². The van der Waals surface area contributed by atoms with Crippen LogP contribution in [0.3, 0.4) is 0 Å². The van der Waals surface area contributed by atoms with Gasteiger partial charge in [-0.15, -0.1) is 0 Å². The molecule has 11 heteroatoms. The number of anilines is 1. The van der Waals surface area contributed by atoms with E-state index in [1.165, 1.54) is 48.8 Å². The average molecular weight is 468 g/mol. The molecule has 0 aliphatic carbocycles. The van der Waals surface area contributed by atoms with Gasteiger partial charge >= 0.3 is 12.2 Å². The van der Waals surface area contributed by atoms with E-state index in [4.69, 9.17) is 0 Å². The van der Waals surface area contributed by atoms with Crippen molar-refractivity contribution in [3.8, 4) is 16.8 Å². The molecule has 4 rings (SSSR count). The number of imidazole rings is 1. The first-order chi connectivity index (χ1) is 16.2. The molecule has 0 aliphatic rings. The minimum atomic E-state index is -4.60. The van der Waals surface area contributed by atoms with Crippen LogP contribution in [0.1, 0.15) is 21.5 Å². The lowest BCUT2D eigenvalue weighted by atomic mass is 10.00. The Balaban J connectivity index is 1.66. The van der Waals surface area contributed by atoms with Crippen molar-refractivity contribution >= 4 is 17.6 Å². The van der Waals surface area contributed by atoms with Gasteiger partial charge in [0.05, 0.1) is 18.1 Å². The number of rotatable bonds is 4. The lowest BCUT2D eigenvalue weighted by Crippen LogP contribution is -2.24. The summed E-state index contributed by atoms with van der Waals surface area (Å²) in [7, 11) is 1.48. The van der Waals surface area contributed by atoms with Crippen LogP contribution in [0.25, 0.3) is 16.8 Å². The van der Waals surface area contributed by atoms with Gasteiger partial charge in [-0.25, -0.2) is 9.78 Å². The maximum atomic E-state index is 13.4. The highest BCUT2D eigenvalue weighted by Crippen LogP contribution is 2.33. The number of amides is 2. The van der Waals surface area contributed by atoms with Gasteiger partial charge < -0.3 is 15.2 Å². The zero-order valence-electron chi connectivity index (χ0n) is 18.1. The van der Waals surface area contributed by atoms with Crippen LogP contribution in [0, 0.1) is 6.92 Å². The first kappa shape index (κ1) is 22.8. The molecule has 2 heterocycles. The van der Waals surface area contributed by atoms with E-state index in [-0.39, 0.29) is 16.9 Å². The summed E-state index contributed by atoms with van der Waals surface area (Å²) in [5.74, 6) is -0.587. The number of nitrogens with one attached hydrogen (secondary N) is 2. The van der Waals surface area contributed by atoms with Crippen molar-refractivity contribution in [2.45, 2.75) is 13.1 Å². The third-order valence-corrected chi connectivity index (χ3v) is 5.12. The Morgan fingerprint density at radius 3 is 2.56 bits per heavy atom. The molecule has 0 saturated carbocycles. The number of hydrogen-bond acceptors (Lipinski definition) is 4. The first-order valence-corrected chi connectivity index (χ1v) is 10.1. The van der Waals surface area contributed by atoms with Gasteiger partial charge in [0.25, 0.3) is 5.91 Å². The van der Waals surface area contributed by atoms with Gasteiger partial charge in [-0.1, -0.05) is 6.07 Å². The monoisotopic (exact) mass is 468 g/mol. The van der Waals surface area contributed by atoms with Crippen LogP contribution in [-0.4, -0.2) is 38.3 Å². The standard InChI is InChI=1S/C23H19F3N6O2/c1-14-3-4-15(7-20(14)16-11-29-32(12-16)22(34)27-2)21(33)30-18-8-17(23(24,25)26)9-19(10-18)31-6-5-28-13-31/h3-13H,1-2H3,(H,27,34)(H,30,33). The van der Waals surface area contributed by atoms with E-state index in [1.54, 1.807) is 18.2 Å². The van der Waals surface area contributed by atoms with E-state index in [9.17, 15) is 22.8 Å². The van der Waals surface area contributed by atoms with Crippen molar-refractivity contribution in [2.75, 3.05) is 12.4 Å². The summed E-state index contributed by atoms with van der Waals surface area (Å²) in [4.78, 5) is 28.6. The molecule has 174 valence electrons. The Kier molecular flexibility index (Phi) is 5.93. The van der Waals surface area contributed by atoms with E-state index in [1.807, 2.05) is 6.92 Å². The number of carbonyl (C=O) groups excluding carboxylic acids is 2. The second-order valence-corrected chi connectivity index (χ2v) is 7.45. The van der Waals surface area contributed by atoms with Crippen molar-refractivity contribution in [1.29, 1.82) is 0 Å². The number of halogens is 3. The SMILES string of the molecule is CNC(=O)n1cc(-c2cc(C(=O)Nc3cc(-n4ccnc4)cc(C(F)(F)F)c3)ccc2C)cn1. The van der Waals surface area contributed by atoms with Crippen LogP contribution in [0.15, 0.2) is 67.5 Å². The molecule has 0 atom stereocenters. The highest BCUT2D eigenvalue weighted by molar-refractivity contribution is 6.05. The highest BCUT2D eigenvalue weighted by Gasteiger charge is 2.31. The Bertz CT molecular complexity index is 1360. The number of aromatic nitrogens is 4. The van der Waals surface area contributed by atoms with Gasteiger partial charge in [0.1, 0.15) is 0 Å². The number of nitrogens with zero attached hydrogens (tertiary/aromatic N) is 4. The lowest BCUT2D eigenvalue weighted by Gasteiger charge is -2.14. The Hall–Kier alpha value is -4.41. The molecule has 0 saturated heterocycles. The molecule has 34 heavy (non-hydrogen) atoms. The summed E-state index contributed by atoms with van der Waals surface area (Å²) >= 11 is 0. The van der Waals surface area contributed by atoms with Crippen LogP contribution < -0.4 is 10.6 Å². The molecule has 2 amide bonds. The fourth-order valence-corrected chi connectivity index (χ4v) is 3.37. The van der Waals surface area contributed by atoms with Crippen molar-refractivity contribution < 1.29 is 22.8 Å². The van der Waals surface area contributed by atoms with Crippen LogP contribution in [0.5, 0.6) is 0 Å². The quantitative estimate of drug-likeness (QED) is 0.461. The molecule has 0 spiro atoms. The van der Waals surface area contributed by atoms with Crippen molar-refractivity contribution in [3.05, 3.63) is 84.2 Å². The second kappa shape index (κ2) is 8.85. The number of benzene rings is 2. The summed E-state index contributed by atoms with van der Waals surface area (Å²) in [5.41, 5.74) is 1.61. The van der Waals surface area contributed by atoms with E-state index >= 15 is 0 Å². The van der Waals surface area contributed by atoms with Gasteiger partial charge in [-0.05, 0) is 48.4 Å². The molecule has 0 unspecified atom stereocenters. The van der Waals surface area contributed by atoms with Crippen LogP contribution in [0.4, 0.5) is 23.7 Å². The Morgan fingerprint density at radius 2 is 1.88 bits per heavy atom. The molecule has 2 aromatic heterocycles. The molecule has 4 aromatic rings. The molecule has 2 N–H and O–H groups in total. The summed E-state index contributed by atoms with van der Waals surface area (Å²) in [6.45, 7) is 1.83. The first-order valence-electron chi connectivity index (χ1n) is 10.1. The van der Waals surface area contributed by atoms with Crippen LogP contribution in [-0.2, 0) is 6.18 Å². The molecule has 0 fully saturated rings. The maximum Gasteiger partial charge on any atom is 0.416 e. The molecule has 2 aromatic carbocycles. The minimum Gasteiger partial charge on any atom is -0.339 e. The fraction of sp³-hybridized carbons (Fsp3) is 0.130. The van der Waals surface area contributed by atoms with Crippen molar-refractivity contribution in [1.82, 2.24) is 24.6 Å². The number of hydrogen-bond donors (Lipinski definition) is 2. The molecule has 0 aliphatic heterocycles. The number of alkyl halides is 3. The molecule has 8 nitrogen and oxygen atoms in total. The summed E-state index contributed by atoms with van der Waals surface area (Å²) in [6.07, 6.45) is 2.73. The second-order valence-electron chi connectivity index (χ2n) is 7.45. The maximum absolute atomic E-state index is 13.4. The molecule has 0 radical (unpaired) electrons. The van der Waals surface area contributed by atoms with Crippen LogP contribution in [0.2, 0.25) is 0 Å².